The molecule has 1 heterocycles. The highest BCUT2D eigenvalue weighted by Gasteiger charge is 2.28. The van der Waals surface area contributed by atoms with Crippen LogP contribution >= 0.6 is 0 Å². The van der Waals surface area contributed by atoms with Gasteiger partial charge in [-0.3, -0.25) is 4.90 Å². The Kier molecular flexibility index (Phi) is 6.01. The number of nitrogens with zero attached hydrogens (tertiary/aromatic N) is 2. The van der Waals surface area contributed by atoms with E-state index in [0.717, 1.165) is 37.4 Å². The van der Waals surface area contributed by atoms with Gasteiger partial charge in [0.25, 0.3) is 0 Å². The fourth-order valence-corrected chi connectivity index (χ4v) is 3.82. The molecule has 0 radical (unpaired) electrons. The number of hydrogen-bond donors (Lipinski definition) is 0. The van der Waals surface area contributed by atoms with Gasteiger partial charge in [-0.05, 0) is 47.5 Å². The second-order valence-corrected chi connectivity index (χ2v) is 7.31. The summed E-state index contributed by atoms with van der Waals surface area (Å²) >= 11 is 0. The fourth-order valence-electron chi connectivity index (χ4n) is 3.82. The lowest BCUT2D eigenvalue weighted by molar-refractivity contribution is 0.245. The number of anilines is 1. The van der Waals surface area contributed by atoms with Crippen molar-refractivity contribution in [3.63, 3.8) is 0 Å². The average Bonchev–Trinajstić information content (AvgIpc) is 2.76. The van der Waals surface area contributed by atoms with Gasteiger partial charge in [-0.25, -0.2) is 8.78 Å². The Morgan fingerprint density at radius 3 is 2.14 bits per heavy atom. The number of halogens is 2. The molecule has 1 fully saturated rings. The molecule has 29 heavy (non-hydrogen) atoms. The minimum absolute atomic E-state index is 0.0833. The molecule has 1 unspecified atom stereocenters. The molecule has 3 aromatic rings. The minimum atomic E-state index is -0.239. The predicted molar refractivity (Wildman–Crippen MR) is 115 cm³/mol. The summed E-state index contributed by atoms with van der Waals surface area (Å²) in [6.07, 6.45) is 4.32. The highest BCUT2D eigenvalue weighted by Crippen LogP contribution is 2.31. The molecule has 1 aliphatic heterocycles. The zero-order valence-electron chi connectivity index (χ0n) is 16.2. The van der Waals surface area contributed by atoms with Crippen molar-refractivity contribution in [1.29, 1.82) is 0 Å². The molecule has 148 valence electrons. The van der Waals surface area contributed by atoms with Crippen LogP contribution in [0.3, 0.4) is 0 Å². The summed E-state index contributed by atoms with van der Waals surface area (Å²) in [6, 6.07) is 23.7. The van der Waals surface area contributed by atoms with Crippen LogP contribution in [0.4, 0.5) is 14.5 Å². The average molecular weight is 390 g/mol. The Morgan fingerprint density at radius 1 is 0.793 bits per heavy atom. The van der Waals surface area contributed by atoms with E-state index in [4.69, 9.17) is 0 Å². The van der Waals surface area contributed by atoms with Gasteiger partial charge in [-0.15, -0.1) is 0 Å². The maximum Gasteiger partial charge on any atom is 0.123 e. The monoisotopic (exact) mass is 390 g/mol. The van der Waals surface area contributed by atoms with Gasteiger partial charge in [-0.1, -0.05) is 54.6 Å². The topological polar surface area (TPSA) is 6.48 Å². The van der Waals surface area contributed by atoms with Crippen LogP contribution in [0, 0.1) is 11.6 Å². The Labute approximate surface area is 170 Å². The first-order valence-corrected chi connectivity index (χ1v) is 9.91. The van der Waals surface area contributed by atoms with Crippen LogP contribution in [0.25, 0.3) is 6.08 Å². The molecule has 0 aromatic heterocycles. The molecule has 0 N–H and O–H groups in total. The van der Waals surface area contributed by atoms with Gasteiger partial charge in [0.2, 0.25) is 0 Å². The summed E-state index contributed by atoms with van der Waals surface area (Å²) in [6.45, 7) is 3.41. The first-order chi connectivity index (χ1) is 14.2. The van der Waals surface area contributed by atoms with E-state index in [0.29, 0.717) is 0 Å². The van der Waals surface area contributed by atoms with Gasteiger partial charge in [0, 0.05) is 31.9 Å². The summed E-state index contributed by atoms with van der Waals surface area (Å²) < 4.78 is 26.8. The molecule has 0 aliphatic carbocycles. The van der Waals surface area contributed by atoms with E-state index in [2.05, 4.69) is 34.1 Å². The minimum Gasteiger partial charge on any atom is -0.362 e. The van der Waals surface area contributed by atoms with E-state index in [9.17, 15) is 8.78 Å². The van der Waals surface area contributed by atoms with Crippen LogP contribution in [0.15, 0.2) is 84.9 Å². The Bertz CT molecular complexity index is 937. The quantitative estimate of drug-likeness (QED) is 0.564. The fraction of sp³-hybridized carbons (Fsp3) is 0.200. The predicted octanol–water partition coefficient (Wildman–Crippen LogP) is 5.54. The number of benzene rings is 3. The van der Waals surface area contributed by atoms with E-state index in [1.54, 1.807) is 0 Å². The van der Waals surface area contributed by atoms with Crippen molar-refractivity contribution in [1.82, 2.24) is 4.90 Å². The van der Waals surface area contributed by atoms with E-state index in [1.165, 1.54) is 29.8 Å². The molecule has 2 nitrogen and oxygen atoms in total. The standard InChI is InChI=1S/C25H24F2N2/c26-22-10-8-21(9-11-22)25-19-28(16-4-7-20-5-2-1-3-6-20)17-18-29(25)24-14-12-23(27)13-15-24/h1-15,25H,16-19H2/b7-4+. The van der Waals surface area contributed by atoms with Crippen molar-refractivity contribution in [2.75, 3.05) is 31.1 Å². The van der Waals surface area contributed by atoms with Gasteiger partial charge in [-0.2, -0.15) is 0 Å². The number of piperazine rings is 1. The van der Waals surface area contributed by atoms with Crippen LogP contribution in [0.2, 0.25) is 0 Å². The van der Waals surface area contributed by atoms with Gasteiger partial charge in [0.1, 0.15) is 11.6 Å². The van der Waals surface area contributed by atoms with Crippen molar-refractivity contribution >= 4 is 11.8 Å². The normalized spacial score (nSPS) is 17.7. The van der Waals surface area contributed by atoms with E-state index >= 15 is 0 Å². The Balaban J connectivity index is 1.52. The third-order valence-corrected chi connectivity index (χ3v) is 5.35. The van der Waals surface area contributed by atoms with E-state index < -0.39 is 0 Å². The largest absolute Gasteiger partial charge is 0.362 e. The highest BCUT2D eigenvalue weighted by molar-refractivity contribution is 5.51. The molecule has 1 aliphatic rings. The number of hydrogen-bond acceptors (Lipinski definition) is 2. The number of rotatable bonds is 5. The summed E-state index contributed by atoms with van der Waals surface area (Å²) in [7, 11) is 0. The van der Waals surface area contributed by atoms with Gasteiger partial charge in [0.05, 0.1) is 6.04 Å². The summed E-state index contributed by atoms with van der Waals surface area (Å²) in [5.41, 5.74) is 3.24. The van der Waals surface area contributed by atoms with Gasteiger partial charge < -0.3 is 4.90 Å². The summed E-state index contributed by atoms with van der Waals surface area (Å²) in [5, 5.41) is 0. The van der Waals surface area contributed by atoms with Crippen LogP contribution in [0.1, 0.15) is 17.2 Å². The summed E-state index contributed by atoms with van der Waals surface area (Å²) in [4.78, 5) is 4.68. The third kappa shape index (κ3) is 4.90. The zero-order valence-corrected chi connectivity index (χ0v) is 16.2. The van der Waals surface area contributed by atoms with Gasteiger partial charge in [0.15, 0.2) is 0 Å². The summed E-state index contributed by atoms with van der Waals surface area (Å²) in [5.74, 6) is -0.475. The maximum absolute atomic E-state index is 13.4. The zero-order chi connectivity index (χ0) is 20.1. The second kappa shape index (κ2) is 9.01. The molecule has 0 amide bonds. The maximum atomic E-state index is 13.4. The van der Waals surface area contributed by atoms with Gasteiger partial charge >= 0.3 is 0 Å². The van der Waals surface area contributed by atoms with Crippen LogP contribution < -0.4 is 4.90 Å². The van der Waals surface area contributed by atoms with E-state index in [1.807, 2.05) is 42.5 Å². The molecule has 3 aromatic carbocycles. The molecular weight excluding hydrogens is 366 g/mol. The third-order valence-electron chi connectivity index (χ3n) is 5.35. The first-order valence-electron chi connectivity index (χ1n) is 9.91. The SMILES string of the molecule is Fc1ccc(C2CN(C/C=C/c3ccccc3)CCN2c2ccc(F)cc2)cc1. The van der Waals surface area contributed by atoms with Crippen molar-refractivity contribution in [3.05, 3.63) is 108 Å². The Morgan fingerprint density at radius 2 is 1.45 bits per heavy atom. The molecule has 1 saturated heterocycles. The molecular formula is C25H24F2N2. The Hall–Kier alpha value is -2.98. The van der Waals surface area contributed by atoms with Crippen molar-refractivity contribution in [2.24, 2.45) is 0 Å². The second-order valence-electron chi connectivity index (χ2n) is 7.31. The lowest BCUT2D eigenvalue weighted by Crippen LogP contribution is -2.48. The molecule has 4 heteroatoms. The highest BCUT2D eigenvalue weighted by atomic mass is 19.1. The molecule has 4 rings (SSSR count). The van der Waals surface area contributed by atoms with E-state index in [-0.39, 0.29) is 17.7 Å². The molecule has 0 saturated carbocycles. The van der Waals surface area contributed by atoms with Crippen molar-refractivity contribution in [3.8, 4) is 0 Å². The lowest BCUT2D eigenvalue weighted by Gasteiger charge is -2.43. The van der Waals surface area contributed by atoms with Crippen molar-refractivity contribution in [2.45, 2.75) is 6.04 Å². The molecule has 1 atom stereocenters. The molecule has 0 spiro atoms. The first kappa shape index (κ1) is 19.3. The lowest BCUT2D eigenvalue weighted by atomic mass is 10.0. The molecule has 0 bridgehead atoms. The van der Waals surface area contributed by atoms with Crippen molar-refractivity contribution < 1.29 is 8.78 Å². The smallest absolute Gasteiger partial charge is 0.123 e. The van der Waals surface area contributed by atoms with Crippen LogP contribution in [0.5, 0.6) is 0 Å². The van der Waals surface area contributed by atoms with Crippen LogP contribution in [-0.2, 0) is 0 Å². The van der Waals surface area contributed by atoms with Crippen LogP contribution in [-0.4, -0.2) is 31.1 Å².